The van der Waals surface area contributed by atoms with E-state index in [1.54, 1.807) is 7.11 Å². The summed E-state index contributed by atoms with van der Waals surface area (Å²) in [6, 6.07) is 6.16. The van der Waals surface area contributed by atoms with Crippen molar-refractivity contribution in [3.63, 3.8) is 0 Å². The maximum atomic E-state index is 5.70. The van der Waals surface area contributed by atoms with Gasteiger partial charge in [0.25, 0.3) is 0 Å². The van der Waals surface area contributed by atoms with Gasteiger partial charge in [-0.2, -0.15) is 0 Å². The number of hydrogen-bond acceptors (Lipinski definition) is 4. The Kier molecular flexibility index (Phi) is 10.1. The maximum Gasteiger partial charge on any atom is 0.191 e. The summed E-state index contributed by atoms with van der Waals surface area (Å²) < 4.78 is 16.4. The van der Waals surface area contributed by atoms with Crippen LogP contribution in [0.15, 0.2) is 23.2 Å². The molecule has 0 radical (unpaired) electrons. The minimum atomic E-state index is -0.106. The maximum absolute atomic E-state index is 5.70. The van der Waals surface area contributed by atoms with Crippen molar-refractivity contribution in [3.05, 3.63) is 23.8 Å². The minimum absolute atomic E-state index is 0. The lowest BCUT2D eigenvalue weighted by atomic mass is 9.84. The summed E-state index contributed by atoms with van der Waals surface area (Å²) in [7, 11) is 1.72. The number of benzene rings is 1. The molecule has 0 aliphatic carbocycles. The van der Waals surface area contributed by atoms with E-state index in [0.717, 1.165) is 43.6 Å². The summed E-state index contributed by atoms with van der Waals surface area (Å²) in [5.74, 6) is 2.48. The Labute approximate surface area is 174 Å². The quantitative estimate of drug-likeness (QED) is 0.261. The summed E-state index contributed by atoms with van der Waals surface area (Å²) in [6.45, 7) is 10.8. The lowest BCUT2D eigenvalue weighted by Gasteiger charge is -2.26. The summed E-state index contributed by atoms with van der Waals surface area (Å²) in [5.41, 5.74) is 1.08. The van der Waals surface area contributed by atoms with Crippen LogP contribution >= 0.6 is 24.0 Å². The first kappa shape index (κ1) is 22.8. The molecule has 2 N–H and O–H groups in total. The molecular formula is C19H32IN3O3. The molecule has 0 spiro atoms. The second-order valence-electron chi connectivity index (χ2n) is 6.71. The van der Waals surface area contributed by atoms with Crippen molar-refractivity contribution in [1.82, 2.24) is 10.6 Å². The summed E-state index contributed by atoms with van der Waals surface area (Å²) in [6.07, 6.45) is 0.951. The summed E-state index contributed by atoms with van der Waals surface area (Å²) in [5, 5.41) is 6.63. The molecule has 0 saturated heterocycles. The van der Waals surface area contributed by atoms with Gasteiger partial charge in [-0.05, 0) is 31.0 Å². The van der Waals surface area contributed by atoms with Gasteiger partial charge in [0.1, 0.15) is 13.2 Å². The molecular weight excluding hydrogens is 445 g/mol. The van der Waals surface area contributed by atoms with Crippen LogP contribution in [-0.4, -0.2) is 52.5 Å². The van der Waals surface area contributed by atoms with Crippen LogP contribution in [0.3, 0.4) is 0 Å². The molecule has 2 rings (SSSR count). The van der Waals surface area contributed by atoms with Crippen LogP contribution in [-0.2, 0) is 10.2 Å². The highest BCUT2D eigenvalue weighted by Crippen LogP contribution is 2.35. The smallest absolute Gasteiger partial charge is 0.191 e. The van der Waals surface area contributed by atoms with Crippen molar-refractivity contribution in [3.8, 4) is 11.5 Å². The zero-order valence-corrected chi connectivity index (χ0v) is 18.6. The van der Waals surface area contributed by atoms with E-state index >= 15 is 0 Å². The molecule has 1 aromatic rings. The zero-order valence-electron chi connectivity index (χ0n) is 16.3. The third-order valence-electron chi connectivity index (χ3n) is 4.12. The molecule has 0 amide bonds. The van der Waals surface area contributed by atoms with Gasteiger partial charge in [0.15, 0.2) is 17.5 Å². The fourth-order valence-corrected chi connectivity index (χ4v) is 2.60. The fourth-order valence-electron chi connectivity index (χ4n) is 2.60. The van der Waals surface area contributed by atoms with Crippen LogP contribution in [0.4, 0.5) is 0 Å². The van der Waals surface area contributed by atoms with E-state index in [0.29, 0.717) is 19.8 Å². The first-order valence-corrected chi connectivity index (χ1v) is 8.98. The summed E-state index contributed by atoms with van der Waals surface area (Å²) >= 11 is 0. The van der Waals surface area contributed by atoms with Gasteiger partial charge < -0.3 is 24.8 Å². The Morgan fingerprint density at radius 1 is 1.19 bits per heavy atom. The van der Waals surface area contributed by atoms with Gasteiger partial charge in [0.05, 0.1) is 6.54 Å². The number of hydrogen-bond donors (Lipinski definition) is 2. The van der Waals surface area contributed by atoms with Crippen molar-refractivity contribution in [2.75, 3.05) is 46.6 Å². The van der Waals surface area contributed by atoms with Crippen LogP contribution in [0.1, 0.15) is 32.8 Å². The van der Waals surface area contributed by atoms with Gasteiger partial charge in [0.2, 0.25) is 0 Å². The topological polar surface area (TPSA) is 64.1 Å². The van der Waals surface area contributed by atoms with E-state index in [4.69, 9.17) is 19.2 Å². The van der Waals surface area contributed by atoms with Gasteiger partial charge >= 0.3 is 0 Å². The lowest BCUT2D eigenvalue weighted by molar-refractivity contribution is 0.171. The molecule has 6 nitrogen and oxygen atoms in total. The van der Waals surface area contributed by atoms with E-state index in [-0.39, 0.29) is 29.4 Å². The third kappa shape index (κ3) is 6.83. The standard InChI is InChI=1S/C19H31N3O3.HI/c1-5-20-18(21-9-6-10-23-4)22-14-19(2,3)15-7-8-16-17(13-15)25-12-11-24-16;/h7-8,13H,5-6,9-12,14H2,1-4H3,(H2,20,21,22);1H. The SMILES string of the molecule is CCNC(=NCC(C)(C)c1ccc2c(c1)OCCO2)NCCCOC.I. The molecule has 7 heteroatoms. The predicted octanol–water partition coefficient (Wildman–Crippen LogP) is 2.95. The zero-order chi connectivity index (χ0) is 18.1. The van der Waals surface area contributed by atoms with Gasteiger partial charge in [-0.15, -0.1) is 24.0 Å². The van der Waals surface area contributed by atoms with E-state index in [2.05, 4.69) is 43.5 Å². The number of nitrogens with one attached hydrogen (secondary N) is 2. The molecule has 0 atom stereocenters. The van der Waals surface area contributed by atoms with Gasteiger partial charge in [-0.3, -0.25) is 4.99 Å². The first-order valence-electron chi connectivity index (χ1n) is 8.98. The van der Waals surface area contributed by atoms with Crippen molar-refractivity contribution >= 4 is 29.9 Å². The fraction of sp³-hybridized carbons (Fsp3) is 0.632. The van der Waals surface area contributed by atoms with Crippen LogP contribution in [0, 0.1) is 0 Å². The number of halogens is 1. The van der Waals surface area contributed by atoms with Gasteiger partial charge in [0, 0.05) is 32.2 Å². The molecule has 148 valence electrons. The molecule has 0 unspecified atom stereocenters. The molecule has 26 heavy (non-hydrogen) atoms. The van der Waals surface area contributed by atoms with Crippen LogP contribution in [0.2, 0.25) is 0 Å². The Hall–Kier alpha value is -1.22. The highest BCUT2D eigenvalue weighted by Gasteiger charge is 2.23. The monoisotopic (exact) mass is 477 g/mol. The summed E-state index contributed by atoms with van der Waals surface area (Å²) in [4.78, 5) is 4.75. The van der Waals surface area contributed by atoms with E-state index in [9.17, 15) is 0 Å². The first-order chi connectivity index (χ1) is 12.1. The van der Waals surface area contributed by atoms with Gasteiger partial charge in [-0.1, -0.05) is 19.9 Å². The largest absolute Gasteiger partial charge is 0.486 e. The number of fused-ring (bicyclic) bond motifs is 1. The number of rotatable bonds is 8. The Balaban J connectivity index is 0.00000338. The number of nitrogens with zero attached hydrogens (tertiary/aromatic N) is 1. The number of ether oxygens (including phenoxy) is 3. The molecule has 1 aliphatic heterocycles. The van der Waals surface area contributed by atoms with Crippen molar-refractivity contribution in [1.29, 1.82) is 0 Å². The predicted molar refractivity (Wildman–Crippen MR) is 116 cm³/mol. The second kappa shape index (κ2) is 11.5. The van der Waals surface area contributed by atoms with Crippen molar-refractivity contribution in [2.24, 2.45) is 4.99 Å². The van der Waals surface area contributed by atoms with Crippen molar-refractivity contribution < 1.29 is 14.2 Å². The average Bonchev–Trinajstić information content (AvgIpc) is 2.62. The Bertz CT molecular complexity index is 579. The number of aliphatic imine (C=N–C) groups is 1. The highest BCUT2D eigenvalue weighted by atomic mass is 127. The lowest BCUT2D eigenvalue weighted by Crippen LogP contribution is -2.39. The molecule has 1 aliphatic rings. The normalized spacial score (nSPS) is 13.8. The van der Waals surface area contributed by atoms with E-state index in [1.807, 2.05) is 6.07 Å². The Morgan fingerprint density at radius 2 is 1.92 bits per heavy atom. The van der Waals surface area contributed by atoms with Crippen LogP contribution in [0.25, 0.3) is 0 Å². The minimum Gasteiger partial charge on any atom is -0.486 e. The Morgan fingerprint density at radius 3 is 2.62 bits per heavy atom. The molecule has 1 aromatic carbocycles. The highest BCUT2D eigenvalue weighted by molar-refractivity contribution is 14.0. The second-order valence-corrected chi connectivity index (χ2v) is 6.71. The number of methoxy groups -OCH3 is 1. The average molecular weight is 477 g/mol. The van der Waals surface area contributed by atoms with Crippen LogP contribution < -0.4 is 20.1 Å². The molecule has 1 heterocycles. The molecule has 0 fully saturated rings. The van der Waals surface area contributed by atoms with Crippen LogP contribution in [0.5, 0.6) is 11.5 Å². The molecule has 0 aromatic heterocycles. The van der Waals surface area contributed by atoms with E-state index in [1.165, 1.54) is 5.56 Å². The van der Waals surface area contributed by atoms with Gasteiger partial charge in [-0.25, -0.2) is 0 Å². The molecule has 0 bridgehead atoms. The third-order valence-corrected chi connectivity index (χ3v) is 4.12. The van der Waals surface area contributed by atoms with Crippen molar-refractivity contribution in [2.45, 2.75) is 32.6 Å². The molecule has 0 saturated carbocycles. The van der Waals surface area contributed by atoms with E-state index < -0.39 is 0 Å². The number of guanidine groups is 1.